The second-order valence-corrected chi connectivity index (χ2v) is 4.52. The summed E-state index contributed by atoms with van der Waals surface area (Å²) in [6, 6.07) is 2.01. The summed E-state index contributed by atoms with van der Waals surface area (Å²) in [4.78, 5) is 8.55. The van der Waals surface area contributed by atoms with E-state index >= 15 is 0 Å². The average molecular weight is 260 g/mol. The Hall–Kier alpha value is -2.02. The largest absolute Gasteiger partial charge is 0.381 e. The molecular formula is C12H16N6O. The van der Waals surface area contributed by atoms with E-state index in [1.807, 2.05) is 10.6 Å². The molecule has 100 valence electrons. The lowest BCUT2D eigenvalue weighted by atomic mass is 10.1. The zero-order valence-electron chi connectivity index (χ0n) is 10.6. The predicted molar refractivity (Wildman–Crippen MR) is 68.7 cm³/mol. The van der Waals surface area contributed by atoms with E-state index in [0.717, 1.165) is 44.2 Å². The summed E-state index contributed by atoms with van der Waals surface area (Å²) < 4.78 is 7.30. The highest BCUT2D eigenvalue weighted by Crippen LogP contribution is 2.24. The van der Waals surface area contributed by atoms with Crippen molar-refractivity contribution in [2.75, 3.05) is 25.1 Å². The van der Waals surface area contributed by atoms with Gasteiger partial charge in [0.25, 0.3) is 0 Å². The van der Waals surface area contributed by atoms with Gasteiger partial charge in [-0.25, -0.2) is 9.97 Å². The van der Waals surface area contributed by atoms with Crippen LogP contribution >= 0.6 is 0 Å². The fourth-order valence-electron chi connectivity index (χ4n) is 2.11. The Labute approximate surface area is 111 Å². The molecule has 1 aliphatic heterocycles. The molecule has 1 unspecified atom stereocenters. The van der Waals surface area contributed by atoms with Crippen LogP contribution in [0.5, 0.6) is 0 Å². The minimum atomic E-state index is 0.404. The first kappa shape index (κ1) is 12.0. The van der Waals surface area contributed by atoms with Crippen molar-refractivity contribution < 1.29 is 4.74 Å². The minimum Gasteiger partial charge on any atom is -0.381 e. The SMILES string of the molecule is c1nc(NCCn2cnnc2)cc(C2CCOC2)n1. The molecule has 1 fully saturated rings. The molecule has 1 N–H and O–H groups in total. The van der Waals surface area contributed by atoms with Crippen LogP contribution in [-0.4, -0.2) is 44.5 Å². The predicted octanol–water partition coefficient (Wildman–Crippen LogP) is 0.684. The molecule has 2 aromatic rings. The number of hydrogen-bond donors (Lipinski definition) is 1. The van der Waals surface area contributed by atoms with Gasteiger partial charge in [0, 0.05) is 31.7 Å². The van der Waals surface area contributed by atoms with Crippen molar-refractivity contribution in [3.8, 4) is 0 Å². The molecule has 1 aliphatic rings. The van der Waals surface area contributed by atoms with Gasteiger partial charge in [-0.3, -0.25) is 0 Å². The minimum absolute atomic E-state index is 0.404. The van der Waals surface area contributed by atoms with Crippen molar-refractivity contribution in [2.24, 2.45) is 0 Å². The van der Waals surface area contributed by atoms with Gasteiger partial charge in [0.05, 0.1) is 12.3 Å². The standard InChI is InChI=1S/C12H16N6O/c1-4-19-6-10(1)11-5-12(15-7-14-11)13-2-3-18-8-16-17-9-18/h5,7-10H,1-4,6H2,(H,13,14,15). The van der Waals surface area contributed by atoms with Crippen LogP contribution in [0.25, 0.3) is 0 Å². The number of nitrogens with zero attached hydrogens (tertiary/aromatic N) is 5. The first-order valence-corrected chi connectivity index (χ1v) is 6.38. The lowest BCUT2D eigenvalue weighted by Gasteiger charge is -2.09. The fraction of sp³-hybridized carbons (Fsp3) is 0.500. The van der Waals surface area contributed by atoms with Crippen LogP contribution in [0.15, 0.2) is 25.0 Å². The van der Waals surface area contributed by atoms with E-state index in [1.165, 1.54) is 0 Å². The molecule has 0 bridgehead atoms. The van der Waals surface area contributed by atoms with Gasteiger partial charge < -0.3 is 14.6 Å². The molecule has 19 heavy (non-hydrogen) atoms. The molecule has 0 radical (unpaired) electrons. The van der Waals surface area contributed by atoms with Gasteiger partial charge in [0.2, 0.25) is 0 Å². The third-order valence-corrected chi connectivity index (χ3v) is 3.18. The monoisotopic (exact) mass is 260 g/mol. The molecule has 7 heteroatoms. The third-order valence-electron chi connectivity index (χ3n) is 3.18. The molecule has 0 saturated carbocycles. The first-order chi connectivity index (χ1) is 9.42. The second kappa shape index (κ2) is 5.75. The maximum atomic E-state index is 5.38. The maximum absolute atomic E-state index is 5.38. The Morgan fingerprint density at radius 3 is 3.00 bits per heavy atom. The summed E-state index contributed by atoms with van der Waals surface area (Å²) in [5.41, 5.74) is 1.05. The summed E-state index contributed by atoms with van der Waals surface area (Å²) >= 11 is 0. The molecule has 1 atom stereocenters. The van der Waals surface area contributed by atoms with Gasteiger partial charge in [-0.15, -0.1) is 10.2 Å². The van der Waals surface area contributed by atoms with Crippen LogP contribution in [0.1, 0.15) is 18.0 Å². The number of anilines is 1. The average Bonchev–Trinajstić information content (AvgIpc) is 3.12. The smallest absolute Gasteiger partial charge is 0.129 e. The first-order valence-electron chi connectivity index (χ1n) is 6.38. The zero-order chi connectivity index (χ0) is 12.9. The van der Waals surface area contributed by atoms with Crippen LogP contribution in [0, 0.1) is 0 Å². The van der Waals surface area contributed by atoms with Crippen molar-refractivity contribution in [3.05, 3.63) is 30.7 Å². The quantitative estimate of drug-likeness (QED) is 0.852. The van der Waals surface area contributed by atoms with Crippen molar-refractivity contribution in [3.63, 3.8) is 0 Å². The van der Waals surface area contributed by atoms with E-state index in [-0.39, 0.29) is 0 Å². The number of ether oxygens (including phenoxy) is 1. The summed E-state index contributed by atoms with van der Waals surface area (Å²) in [5.74, 6) is 1.26. The Kier molecular flexibility index (Phi) is 3.64. The van der Waals surface area contributed by atoms with Crippen LogP contribution in [-0.2, 0) is 11.3 Å². The Morgan fingerprint density at radius 2 is 2.21 bits per heavy atom. The Bertz CT molecular complexity index is 509. The van der Waals surface area contributed by atoms with Gasteiger partial charge in [-0.2, -0.15) is 0 Å². The van der Waals surface area contributed by atoms with Gasteiger partial charge >= 0.3 is 0 Å². The van der Waals surface area contributed by atoms with Gasteiger partial charge in [-0.05, 0) is 6.42 Å². The molecule has 1 saturated heterocycles. The molecule has 3 rings (SSSR count). The molecule has 0 aliphatic carbocycles. The highest BCUT2D eigenvalue weighted by molar-refractivity contribution is 5.35. The van der Waals surface area contributed by atoms with E-state index in [2.05, 4.69) is 25.5 Å². The van der Waals surface area contributed by atoms with E-state index < -0.39 is 0 Å². The highest BCUT2D eigenvalue weighted by atomic mass is 16.5. The number of nitrogens with one attached hydrogen (secondary N) is 1. The summed E-state index contributed by atoms with van der Waals surface area (Å²) in [6.07, 6.45) is 6.04. The fourth-order valence-corrected chi connectivity index (χ4v) is 2.11. The molecule has 0 amide bonds. The normalized spacial score (nSPS) is 18.6. The summed E-state index contributed by atoms with van der Waals surface area (Å²) in [7, 11) is 0. The topological polar surface area (TPSA) is 77.8 Å². The van der Waals surface area contributed by atoms with E-state index in [1.54, 1.807) is 19.0 Å². The van der Waals surface area contributed by atoms with Crippen molar-refractivity contribution in [1.82, 2.24) is 24.7 Å². The van der Waals surface area contributed by atoms with Crippen LogP contribution < -0.4 is 5.32 Å². The van der Waals surface area contributed by atoms with Crippen molar-refractivity contribution in [2.45, 2.75) is 18.9 Å². The lowest BCUT2D eigenvalue weighted by molar-refractivity contribution is 0.193. The zero-order valence-corrected chi connectivity index (χ0v) is 10.6. The maximum Gasteiger partial charge on any atom is 0.129 e. The molecule has 3 heterocycles. The van der Waals surface area contributed by atoms with Crippen LogP contribution in [0.3, 0.4) is 0 Å². The third kappa shape index (κ3) is 3.05. The molecule has 7 nitrogen and oxygen atoms in total. The van der Waals surface area contributed by atoms with E-state index in [9.17, 15) is 0 Å². The molecule has 0 spiro atoms. The summed E-state index contributed by atoms with van der Waals surface area (Å²) in [6.45, 7) is 3.16. The number of aromatic nitrogens is 5. The summed E-state index contributed by atoms with van der Waals surface area (Å²) in [5, 5.41) is 10.8. The second-order valence-electron chi connectivity index (χ2n) is 4.52. The van der Waals surface area contributed by atoms with Gasteiger partial charge in [0.15, 0.2) is 0 Å². The molecule has 0 aromatic carbocycles. The Balaban J connectivity index is 1.56. The number of rotatable bonds is 5. The van der Waals surface area contributed by atoms with Crippen LogP contribution in [0.2, 0.25) is 0 Å². The van der Waals surface area contributed by atoms with Crippen LogP contribution in [0.4, 0.5) is 5.82 Å². The molecular weight excluding hydrogens is 244 g/mol. The van der Waals surface area contributed by atoms with Crippen molar-refractivity contribution >= 4 is 5.82 Å². The van der Waals surface area contributed by atoms with Gasteiger partial charge in [-0.1, -0.05) is 0 Å². The Morgan fingerprint density at radius 1 is 1.32 bits per heavy atom. The van der Waals surface area contributed by atoms with E-state index in [0.29, 0.717) is 5.92 Å². The highest BCUT2D eigenvalue weighted by Gasteiger charge is 2.19. The van der Waals surface area contributed by atoms with Crippen molar-refractivity contribution in [1.29, 1.82) is 0 Å². The molecule has 2 aromatic heterocycles. The number of hydrogen-bond acceptors (Lipinski definition) is 6. The lowest BCUT2D eigenvalue weighted by Crippen LogP contribution is -2.11. The van der Waals surface area contributed by atoms with E-state index in [4.69, 9.17) is 4.74 Å². The van der Waals surface area contributed by atoms with Gasteiger partial charge in [0.1, 0.15) is 24.8 Å².